The number of fused-ring (bicyclic) bond motifs is 1. The number of carbonyl (C=O) groups excluding carboxylic acids is 1. The SMILES string of the molecule is CC.O=C(Nc1ccc(C2=CCNCC2)cc1)N1Cc2ccccc2C1. The zero-order valence-electron chi connectivity index (χ0n) is 15.6. The Labute approximate surface area is 155 Å². The highest BCUT2D eigenvalue weighted by molar-refractivity contribution is 5.90. The first kappa shape index (κ1) is 18.2. The lowest BCUT2D eigenvalue weighted by molar-refractivity contribution is 0.212. The molecule has 4 nitrogen and oxygen atoms in total. The van der Waals surface area contributed by atoms with E-state index in [0.29, 0.717) is 13.1 Å². The highest BCUT2D eigenvalue weighted by Crippen LogP contribution is 2.24. The van der Waals surface area contributed by atoms with Gasteiger partial charge < -0.3 is 15.5 Å². The molecule has 4 heteroatoms. The van der Waals surface area contributed by atoms with Crippen molar-refractivity contribution >= 4 is 17.3 Å². The Bertz CT molecular complexity index is 755. The third-order valence-electron chi connectivity index (χ3n) is 4.70. The van der Waals surface area contributed by atoms with E-state index in [1.54, 1.807) is 0 Å². The van der Waals surface area contributed by atoms with Crippen LogP contribution in [0.25, 0.3) is 5.57 Å². The first-order valence-corrected chi connectivity index (χ1v) is 9.42. The van der Waals surface area contributed by atoms with Gasteiger partial charge in [-0.25, -0.2) is 4.79 Å². The first-order valence-electron chi connectivity index (χ1n) is 9.42. The highest BCUT2D eigenvalue weighted by Gasteiger charge is 2.22. The summed E-state index contributed by atoms with van der Waals surface area (Å²) in [5, 5.41) is 6.33. The van der Waals surface area contributed by atoms with Crippen molar-refractivity contribution in [2.24, 2.45) is 0 Å². The largest absolute Gasteiger partial charge is 0.322 e. The zero-order chi connectivity index (χ0) is 18.4. The second-order valence-corrected chi connectivity index (χ2v) is 6.32. The number of amides is 2. The van der Waals surface area contributed by atoms with Gasteiger partial charge in [-0.1, -0.05) is 56.3 Å². The molecule has 0 unspecified atom stereocenters. The number of carbonyl (C=O) groups is 1. The molecule has 2 aromatic rings. The van der Waals surface area contributed by atoms with Crippen molar-refractivity contribution in [3.8, 4) is 0 Å². The van der Waals surface area contributed by atoms with E-state index in [1.165, 1.54) is 22.3 Å². The molecule has 2 heterocycles. The van der Waals surface area contributed by atoms with Crippen LogP contribution in [0.15, 0.2) is 54.6 Å². The van der Waals surface area contributed by atoms with Crippen molar-refractivity contribution in [1.82, 2.24) is 10.2 Å². The van der Waals surface area contributed by atoms with E-state index in [0.717, 1.165) is 25.2 Å². The first-order chi connectivity index (χ1) is 12.8. The number of hydrogen-bond acceptors (Lipinski definition) is 2. The number of hydrogen-bond donors (Lipinski definition) is 2. The number of urea groups is 1. The Morgan fingerprint density at radius 2 is 1.65 bits per heavy atom. The monoisotopic (exact) mass is 349 g/mol. The predicted octanol–water partition coefficient (Wildman–Crippen LogP) is 4.64. The van der Waals surface area contributed by atoms with Gasteiger partial charge in [0, 0.05) is 25.3 Å². The maximum Gasteiger partial charge on any atom is 0.322 e. The molecule has 0 radical (unpaired) electrons. The Hall–Kier alpha value is -2.59. The molecule has 0 atom stereocenters. The molecule has 2 amide bonds. The minimum atomic E-state index is -0.0416. The predicted molar refractivity (Wildman–Crippen MR) is 108 cm³/mol. The second-order valence-electron chi connectivity index (χ2n) is 6.32. The van der Waals surface area contributed by atoms with Crippen LogP contribution in [0.4, 0.5) is 10.5 Å². The van der Waals surface area contributed by atoms with E-state index in [1.807, 2.05) is 43.0 Å². The van der Waals surface area contributed by atoms with E-state index >= 15 is 0 Å². The van der Waals surface area contributed by atoms with Gasteiger partial charge in [-0.15, -0.1) is 0 Å². The normalized spacial score (nSPS) is 15.5. The number of rotatable bonds is 2. The van der Waals surface area contributed by atoms with Gasteiger partial charge in [0.25, 0.3) is 0 Å². The summed E-state index contributed by atoms with van der Waals surface area (Å²) in [5.74, 6) is 0. The van der Waals surface area contributed by atoms with Crippen LogP contribution >= 0.6 is 0 Å². The molecule has 0 fully saturated rings. The minimum Gasteiger partial charge on any atom is -0.316 e. The summed E-state index contributed by atoms with van der Waals surface area (Å²) in [6.07, 6.45) is 3.29. The maximum atomic E-state index is 12.5. The van der Waals surface area contributed by atoms with E-state index in [-0.39, 0.29) is 6.03 Å². The van der Waals surface area contributed by atoms with Gasteiger partial charge in [-0.3, -0.25) is 0 Å². The number of nitrogens with one attached hydrogen (secondary N) is 2. The molecule has 0 spiro atoms. The topological polar surface area (TPSA) is 44.4 Å². The van der Waals surface area contributed by atoms with Gasteiger partial charge in [-0.05, 0) is 47.4 Å². The third kappa shape index (κ3) is 4.14. The van der Waals surface area contributed by atoms with Crippen LogP contribution in [0.2, 0.25) is 0 Å². The third-order valence-corrected chi connectivity index (χ3v) is 4.70. The number of nitrogens with zero attached hydrogens (tertiary/aromatic N) is 1. The van der Waals surface area contributed by atoms with Crippen LogP contribution in [0, 0.1) is 0 Å². The van der Waals surface area contributed by atoms with Crippen LogP contribution in [0.3, 0.4) is 0 Å². The Morgan fingerprint density at radius 1 is 1.00 bits per heavy atom. The smallest absolute Gasteiger partial charge is 0.316 e. The molecular weight excluding hydrogens is 322 g/mol. The van der Waals surface area contributed by atoms with Crippen LogP contribution in [0.1, 0.15) is 37.0 Å². The summed E-state index contributed by atoms with van der Waals surface area (Å²) in [6.45, 7) is 7.32. The maximum absolute atomic E-state index is 12.5. The molecule has 0 bridgehead atoms. The Balaban J connectivity index is 0.000000948. The fraction of sp³-hybridized carbons (Fsp3) is 0.318. The molecule has 26 heavy (non-hydrogen) atoms. The lowest BCUT2D eigenvalue weighted by Gasteiger charge is -2.17. The molecule has 0 aliphatic carbocycles. The standard InChI is InChI=1S/C20H21N3O.C2H6/c24-20(23-13-17-3-1-2-4-18(17)14-23)22-19-7-5-15(6-8-19)16-9-11-21-12-10-16;1-2/h1-9,21H,10-14H2,(H,22,24);1-2H3. The minimum absolute atomic E-state index is 0.0416. The van der Waals surface area contributed by atoms with Crippen molar-refractivity contribution in [2.45, 2.75) is 33.4 Å². The van der Waals surface area contributed by atoms with Gasteiger partial charge in [0.2, 0.25) is 0 Å². The molecule has 136 valence electrons. The number of anilines is 1. The van der Waals surface area contributed by atoms with Crippen molar-refractivity contribution in [3.63, 3.8) is 0 Å². The van der Waals surface area contributed by atoms with Gasteiger partial charge in [0.1, 0.15) is 0 Å². The van der Waals surface area contributed by atoms with Gasteiger partial charge >= 0.3 is 6.03 Å². The van der Waals surface area contributed by atoms with Crippen molar-refractivity contribution in [3.05, 3.63) is 71.3 Å². The van der Waals surface area contributed by atoms with E-state index in [2.05, 4.69) is 41.0 Å². The Morgan fingerprint density at radius 3 is 2.23 bits per heavy atom. The molecule has 0 aromatic heterocycles. The average molecular weight is 349 g/mol. The fourth-order valence-electron chi connectivity index (χ4n) is 3.33. The van der Waals surface area contributed by atoms with Crippen LogP contribution in [-0.4, -0.2) is 24.0 Å². The van der Waals surface area contributed by atoms with Crippen LogP contribution < -0.4 is 10.6 Å². The summed E-state index contributed by atoms with van der Waals surface area (Å²) in [5.41, 5.74) is 5.93. The van der Waals surface area contributed by atoms with Crippen molar-refractivity contribution < 1.29 is 4.79 Å². The average Bonchev–Trinajstić information content (AvgIpc) is 3.15. The van der Waals surface area contributed by atoms with E-state index in [9.17, 15) is 4.79 Å². The molecular formula is C22H27N3O. The van der Waals surface area contributed by atoms with Gasteiger partial charge in [0.15, 0.2) is 0 Å². The van der Waals surface area contributed by atoms with E-state index in [4.69, 9.17) is 0 Å². The molecule has 0 saturated carbocycles. The quantitative estimate of drug-likeness (QED) is 0.830. The van der Waals surface area contributed by atoms with Crippen LogP contribution in [-0.2, 0) is 13.1 Å². The lowest BCUT2D eigenvalue weighted by Crippen LogP contribution is -2.30. The van der Waals surface area contributed by atoms with Crippen LogP contribution in [0.5, 0.6) is 0 Å². The molecule has 0 saturated heterocycles. The molecule has 2 aliphatic rings. The van der Waals surface area contributed by atoms with Gasteiger partial charge in [-0.2, -0.15) is 0 Å². The summed E-state index contributed by atoms with van der Waals surface area (Å²) in [6, 6.07) is 16.3. The van der Waals surface area contributed by atoms with Crippen molar-refractivity contribution in [1.29, 1.82) is 0 Å². The summed E-state index contributed by atoms with van der Waals surface area (Å²) >= 11 is 0. The molecule has 2 aromatic carbocycles. The molecule has 2 N–H and O–H groups in total. The zero-order valence-corrected chi connectivity index (χ0v) is 15.6. The summed E-state index contributed by atoms with van der Waals surface area (Å²) in [7, 11) is 0. The summed E-state index contributed by atoms with van der Waals surface area (Å²) in [4.78, 5) is 14.3. The van der Waals surface area contributed by atoms with Gasteiger partial charge in [0.05, 0.1) is 0 Å². The Kier molecular flexibility index (Phi) is 6.08. The molecule has 2 aliphatic heterocycles. The molecule has 4 rings (SSSR count). The summed E-state index contributed by atoms with van der Waals surface area (Å²) < 4.78 is 0. The van der Waals surface area contributed by atoms with Crippen molar-refractivity contribution in [2.75, 3.05) is 18.4 Å². The van der Waals surface area contributed by atoms with E-state index < -0.39 is 0 Å². The second kappa shape index (κ2) is 8.68. The fourth-order valence-corrected chi connectivity index (χ4v) is 3.33. The highest BCUT2D eigenvalue weighted by atomic mass is 16.2. The number of benzene rings is 2. The lowest BCUT2D eigenvalue weighted by atomic mass is 10.0.